The highest BCUT2D eigenvalue weighted by Gasteiger charge is 2.09. The molecule has 0 bridgehead atoms. The lowest BCUT2D eigenvalue weighted by molar-refractivity contribution is 0.355. The molecule has 2 aromatic rings. The summed E-state index contributed by atoms with van der Waals surface area (Å²) in [7, 11) is 3.26. The number of nitrogens with one attached hydrogen (secondary N) is 2. The van der Waals surface area contributed by atoms with Crippen LogP contribution in [0.25, 0.3) is 0 Å². The Bertz CT molecular complexity index is 840. The second kappa shape index (κ2) is 9.69. The van der Waals surface area contributed by atoms with Crippen molar-refractivity contribution in [2.24, 2.45) is 4.99 Å². The maximum atomic E-state index is 5.37. The number of anilines is 2. The van der Waals surface area contributed by atoms with Crippen LogP contribution in [-0.4, -0.2) is 39.8 Å². The summed E-state index contributed by atoms with van der Waals surface area (Å²) in [5.74, 6) is 2.10. The van der Waals surface area contributed by atoms with Crippen molar-refractivity contribution in [1.29, 1.82) is 0 Å². The minimum Gasteiger partial charge on any atom is -0.493 e. The molecule has 0 radical (unpaired) electrons. The van der Waals surface area contributed by atoms with E-state index in [1.54, 1.807) is 14.2 Å². The van der Waals surface area contributed by atoms with Crippen LogP contribution in [0.15, 0.2) is 59.6 Å². The Kier molecular flexibility index (Phi) is 6.78. The lowest BCUT2D eigenvalue weighted by atomic mass is 10.2. The van der Waals surface area contributed by atoms with E-state index in [0.717, 1.165) is 31.3 Å². The number of aliphatic imine (C=N–C) groups is 1. The maximum Gasteiger partial charge on any atom is 0.196 e. The molecule has 0 spiro atoms. The smallest absolute Gasteiger partial charge is 0.196 e. The third kappa shape index (κ3) is 4.97. The van der Waals surface area contributed by atoms with E-state index in [0.29, 0.717) is 18.0 Å². The first-order valence-corrected chi connectivity index (χ1v) is 9.49. The van der Waals surface area contributed by atoms with Crippen LogP contribution < -0.4 is 25.0 Å². The molecule has 0 saturated carbocycles. The SMILES string of the molecule is CCNC(=NCc1cccc(N2CC=CC2)c1)Nc1ccc(OC)c(OC)c1. The van der Waals surface area contributed by atoms with Gasteiger partial charge in [-0.15, -0.1) is 0 Å². The maximum absolute atomic E-state index is 5.37. The van der Waals surface area contributed by atoms with Gasteiger partial charge in [0.05, 0.1) is 20.8 Å². The average Bonchev–Trinajstić information content (AvgIpc) is 3.27. The van der Waals surface area contributed by atoms with Crippen LogP contribution in [-0.2, 0) is 6.54 Å². The summed E-state index contributed by atoms with van der Waals surface area (Å²) in [4.78, 5) is 7.07. The molecule has 1 heterocycles. The van der Waals surface area contributed by atoms with Gasteiger partial charge in [0.1, 0.15) is 0 Å². The molecule has 0 aromatic heterocycles. The topological polar surface area (TPSA) is 58.1 Å². The number of guanidine groups is 1. The number of hydrogen-bond acceptors (Lipinski definition) is 4. The van der Waals surface area contributed by atoms with Gasteiger partial charge in [-0.2, -0.15) is 0 Å². The Morgan fingerprint density at radius 2 is 1.82 bits per heavy atom. The summed E-state index contributed by atoms with van der Waals surface area (Å²) < 4.78 is 10.7. The summed E-state index contributed by atoms with van der Waals surface area (Å²) in [5, 5.41) is 6.61. The van der Waals surface area contributed by atoms with Crippen LogP contribution in [0.1, 0.15) is 12.5 Å². The number of nitrogens with zero attached hydrogens (tertiary/aromatic N) is 2. The van der Waals surface area contributed by atoms with Crippen molar-refractivity contribution < 1.29 is 9.47 Å². The molecule has 1 aliphatic heterocycles. The highest BCUT2D eigenvalue weighted by Crippen LogP contribution is 2.29. The molecule has 3 rings (SSSR count). The third-order valence-corrected chi connectivity index (χ3v) is 4.50. The molecule has 0 unspecified atom stereocenters. The Morgan fingerprint density at radius 1 is 1.04 bits per heavy atom. The average molecular weight is 380 g/mol. The van der Waals surface area contributed by atoms with E-state index >= 15 is 0 Å². The normalized spacial score (nSPS) is 13.5. The van der Waals surface area contributed by atoms with Crippen molar-refractivity contribution in [3.05, 3.63) is 60.2 Å². The molecule has 0 amide bonds. The Hall–Kier alpha value is -3.15. The molecule has 0 aliphatic carbocycles. The van der Waals surface area contributed by atoms with Gasteiger partial charge in [-0.3, -0.25) is 0 Å². The van der Waals surface area contributed by atoms with Crippen molar-refractivity contribution in [2.45, 2.75) is 13.5 Å². The minimum atomic E-state index is 0.595. The number of hydrogen-bond donors (Lipinski definition) is 2. The molecule has 0 fully saturated rings. The number of rotatable bonds is 7. The van der Waals surface area contributed by atoms with E-state index in [1.165, 1.54) is 11.3 Å². The van der Waals surface area contributed by atoms with Crippen molar-refractivity contribution in [3.63, 3.8) is 0 Å². The van der Waals surface area contributed by atoms with Crippen molar-refractivity contribution in [2.75, 3.05) is 44.1 Å². The van der Waals surface area contributed by atoms with Crippen LogP contribution in [0.4, 0.5) is 11.4 Å². The van der Waals surface area contributed by atoms with Crippen LogP contribution in [0, 0.1) is 0 Å². The molecule has 0 atom stereocenters. The Morgan fingerprint density at radius 3 is 2.54 bits per heavy atom. The molecule has 148 valence electrons. The van der Waals surface area contributed by atoms with Gasteiger partial charge in [0.2, 0.25) is 0 Å². The van der Waals surface area contributed by atoms with E-state index in [9.17, 15) is 0 Å². The van der Waals surface area contributed by atoms with Crippen LogP contribution in [0.2, 0.25) is 0 Å². The second-order valence-corrected chi connectivity index (χ2v) is 6.44. The van der Waals surface area contributed by atoms with Gasteiger partial charge in [-0.1, -0.05) is 24.3 Å². The van der Waals surface area contributed by atoms with E-state index in [4.69, 9.17) is 14.5 Å². The number of ether oxygens (including phenoxy) is 2. The Labute approximate surface area is 166 Å². The molecule has 1 aliphatic rings. The lowest BCUT2D eigenvalue weighted by Gasteiger charge is -2.18. The molecule has 6 heteroatoms. The summed E-state index contributed by atoms with van der Waals surface area (Å²) in [6, 6.07) is 14.3. The first-order valence-electron chi connectivity index (χ1n) is 9.49. The highest BCUT2D eigenvalue weighted by atomic mass is 16.5. The largest absolute Gasteiger partial charge is 0.493 e. The molecular formula is C22H28N4O2. The van der Waals surface area contributed by atoms with Gasteiger partial charge in [-0.05, 0) is 36.8 Å². The zero-order valence-electron chi connectivity index (χ0n) is 16.7. The van der Waals surface area contributed by atoms with Gasteiger partial charge in [0.15, 0.2) is 17.5 Å². The fourth-order valence-electron chi connectivity index (χ4n) is 3.07. The molecule has 2 aromatic carbocycles. The fraction of sp³-hybridized carbons (Fsp3) is 0.318. The van der Waals surface area contributed by atoms with Gasteiger partial charge in [-0.25, -0.2) is 4.99 Å². The predicted molar refractivity (Wildman–Crippen MR) is 116 cm³/mol. The van der Waals surface area contributed by atoms with Crippen LogP contribution >= 0.6 is 0 Å². The fourth-order valence-corrected chi connectivity index (χ4v) is 3.07. The summed E-state index contributed by atoms with van der Waals surface area (Å²) in [6.45, 7) is 5.36. The van der Waals surface area contributed by atoms with Crippen LogP contribution in [0.5, 0.6) is 11.5 Å². The molecule has 28 heavy (non-hydrogen) atoms. The van der Waals surface area contributed by atoms with E-state index in [2.05, 4.69) is 52.0 Å². The summed E-state index contributed by atoms with van der Waals surface area (Å²) in [6.07, 6.45) is 4.39. The van der Waals surface area contributed by atoms with Gasteiger partial charge >= 0.3 is 0 Å². The van der Waals surface area contributed by atoms with Gasteiger partial charge < -0.3 is 25.0 Å². The molecule has 2 N–H and O–H groups in total. The zero-order chi connectivity index (χ0) is 19.8. The predicted octanol–water partition coefficient (Wildman–Crippen LogP) is 3.66. The monoisotopic (exact) mass is 380 g/mol. The summed E-state index contributed by atoms with van der Waals surface area (Å²) >= 11 is 0. The number of methoxy groups -OCH3 is 2. The van der Waals surface area contributed by atoms with E-state index in [-0.39, 0.29) is 0 Å². The van der Waals surface area contributed by atoms with Crippen molar-refractivity contribution in [3.8, 4) is 11.5 Å². The highest BCUT2D eigenvalue weighted by molar-refractivity contribution is 5.93. The summed E-state index contributed by atoms with van der Waals surface area (Å²) in [5.41, 5.74) is 3.29. The molecule has 6 nitrogen and oxygen atoms in total. The van der Waals surface area contributed by atoms with Gasteiger partial charge in [0.25, 0.3) is 0 Å². The third-order valence-electron chi connectivity index (χ3n) is 4.50. The van der Waals surface area contributed by atoms with Crippen LogP contribution in [0.3, 0.4) is 0 Å². The zero-order valence-corrected chi connectivity index (χ0v) is 16.7. The minimum absolute atomic E-state index is 0.595. The van der Waals surface area contributed by atoms with E-state index < -0.39 is 0 Å². The molecule has 0 saturated heterocycles. The quantitative estimate of drug-likeness (QED) is 0.436. The van der Waals surface area contributed by atoms with Crippen molar-refractivity contribution in [1.82, 2.24) is 5.32 Å². The lowest BCUT2D eigenvalue weighted by Crippen LogP contribution is -2.30. The Balaban J connectivity index is 1.71. The molecular weight excluding hydrogens is 352 g/mol. The second-order valence-electron chi connectivity index (χ2n) is 6.44. The first kappa shape index (κ1) is 19.6. The van der Waals surface area contributed by atoms with E-state index in [1.807, 2.05) is 25.1 Å². The number of benzene rings is 2. The first-order chi connectivity index (χ1) is 13.7. The van der Waals surface area contributed by atoms with Gasteiger partial charge in [0, 0.05) is 37.1 Å². The standard InChI is InChI=1S/C22H28N4O2/c1-4-23-22(25-18-10-11-20(27-2)21(15-18)28-3)24-16-17-8-7-9-19(14-17)26-12-5-6-13-26/h5-11,14-15H,4,12-13,16H2,1-3H3,(H2,23,24,25). The van der Waals surface area contributed by atoms with Crippen molar-refractivity contribution >= 4 is 17.3 Å².